The monoisotopic (exact) mass is 305 g/mol. The molecule has 5 nitrogen and oxygen atoms in total. The van der Waals surface area contributed by atoms with E-state index >= 15 is 0 Å². The summed E-state index contributed by atoms with van der Waals surface area (Å²) in [7, 11) is 1.67. The van der Waals surface area contributed by atoms with Crippen LogP contribution in [0.2, 0.25) is 0 Å². The summed E-state index contributed by atoms with van der Waals surface area (Å²) in [5.74, 6) is 1.65. The molecule has 3 heterocycles. The molecule has 0 aliphatic carbocycles. The van der Waals surface area contributed by atoms with E-state index in [4.69, 9.17) is 9.15 Å². The Kier molecular flexibility index (Phi) is 3.31. The lowest BCUT2D eigenvalue weighted by atomic mass is 10.2. The number of nitrogens with zero attached hydrogens (tertiary/aromatic N) is 3. The smallest absolute Gasteiger partial charge is 0.160 e. The van der Waals surface area contributed by atoms with Crippen molar-refractivity contribution in [1.82, 2.24) is 14.5 Å². The van der Waals surface area contributed by atoms with Crippen molar-refractivity contribution < 1.29 is 9.15 Å². The minimum Gasteiger partial charge on any atom is -0.497 e. The first-order chi connectivity index (χ1) is 11.3. The van der Waals surface area contributed by atoms with E-state index in [0.717, 1.165) is 33.8 Å². The number of methoxy groups -OCH3 is 1. The molecule has 0 unspecified atom stereocenters. The standard InChI is InChI=1S/C18H15N3O2/c1-22-14-6-4-13(5-7-14)11-21-12-20-17-15(8-9-19-18(17)21)16-3-2-10-23-16/h2-10,12H,11H2,1H3. The lowest BCUT2D eigenvalue weighted by molar-refractivity contribution is 0.414. The van der Waals surface area contributed by atoms with Gasteiger partial charge in [-0.05, 0) is 35.9 Å². The molecule has 0 saturated carbocycles. The fraction of sp³-hybridized carbons (Fsp3) is 0.111. The first kappa shape index (κ1) is 13.6. The van der Waals surface area contributed by atoms with Crippen molar-refractivity contribution in [3.05, 3.63) is 66.8 Å². The fourth-order valence-corrected chi connectivity index (χ4v) is 2.64. The van der Waals surface area contributed by atoms with E-state index in [1.807, 2.05) is 53.4 Å². The maximum absolute atomic E-state index is 5.49. The molecule has 0 spiro atoms. The van der Waals surface area contributed by atoms with Crippen molar-refractivity contribution in [1.29, 1.82) is 0 Å². The third kappa shape index (κ3) is 2.46. The maximum atomic E-state index is 5.49. The predicted molar refractivity (Wildman–Crippen MR) is 87.3 cm³/mol. The van der Waals surface area contributed by atoms with Gasteiger partial charge in [0.25, 0.3) is 0 Å². The molecule has 4 rings (SSSR count). The topological polar surface area (TPSA) is 53.1 Å². The van der Waals surface area contributed by atoms with Gasteiger partial charge in [-0.15, -0.1) is 0 Å². The van der Waals surface area contributed by atoms with Gasteiger partial charge in [-0.2, -0.15) is 0 Å². The molecule has 0 saturated heterocycles. The molecule has 23 heavy (non-hydrogen) atoms. The SMILES string of the molecule is COc1ccc(Cn2cnc3c(-c4ccco4)ccnc32)cc1. The molecule has 0 radical (unpaired) electrons. The highest BCUT2D eigenvalue weighted by Gasteiger charge is 2.12. The Morgan fingerprint density at radius 1 is 1.09 bits per heavy atom. The molecule has 5 heteroatoms. The van der Waals surface area contributed by atoms with E-state index in [2.05, 4.69) is 9.97 Å². The number of hydrogen-bond acceptors (Lipinski definition) is 4. The molecule has 114 valence electrons. The van der Waals surface area contributed by atoms with E-state index in [1.165, 1.54) is 0 Å². The van der Waals surface area contributed by atoms with Crippen molar-refractivity contribution in [3.63, 3.8) is 0 Å². The van der Waals surface area contributed by atoms with Crippen LogP contribution in [0.5, 0.6) is 5.75 Å². The second-order valence-corrected chi connectivity index (χ2v) is 5.23. The van der Waals surface area contributed by atoms with Crippen molar-refractivity contribution in [2.45, 2.75) is 6.54 Å². The summed E-state index contributed by atoms with van der Waals surface area (Å²) in [6.45, 7) is 0.703. The molecule has 0 amide bonds. The van der Waals surface area contributed by atoms with E-state index in [-0.39, 0.29) is 0 Å². The number of imidazole rings is 1. The quantitative estimate of drug-likeness (QED) is 0.576. The largest absolute Gasteiger partial charge is 0.497 e. The van der Waals surface area contributed by atoms with Crippen LogP contribution in [0.25, 0.3) is 22.5 Å². The van der Waals surface area contributed by atoms with Crippen LogP contribution < -0.4 is 4.74 Å². The van der Waals surface area contributed by atoms with Gasteiger partial charge in [-0.25, -0.2) is 9.97 Å². The Hall–Kier alpha value is -3.08. The molecule has 3 aromatic heterocycles. The molecule has 0 bridgehead atoms. The maximum Gasteiger partial charge on any atom is 0.160 e. The Labute approximate surface area is 133 Å². The number of aromatic nitrogens is 3. The zero-order valence-corrected chi connectivity index (χ0v) is 12.6. The minimum atomic E-state index is 0.703. The van der Waals surface area contributed by atoms with Gasteiger partial charge in [0.05, 0.1) is 26.2 Å². The highest BCUT2D eigenvalue weighted by atomic mass is 16.5. The summed E-state index contributed by atoms with van der Waals surface area (Å²) < 4.78 is 12.7. The summed E-state index contributed by atoms with van der Waals surface area (Å²) in [6.07, 6.45) is 5.26. The molecule has 0 N–H and O–H groups in total. The van der Waals surface area contributed by atoms with Crippen LogP contribution in [0.3, 0.4) is 0 Å². The Morgan fingerprint density at radius 2 is 1.96 bits per heavy atom. The molecular formula is C18H15N3O2. The number of hydrogen-bond donors (Lipinski definition) is 0. The predicted octanol–water partition coefficient (Wildman–Crippen LogP) is 3.75. The molecule has 1 aromatic carbocycles. The van der Waals surface area contributed by atoms with Gasteiger partial charge in [0.2, 0.25) is 0 Å². The average molecular weight is 305 g/mol. The van der Waals surface area contributed by atoms with Crippen molar-refractivity contribution >= 4 is 11.2 Å². The fourth-order valence-electron chi connectivity index (χ4n) is 2.64. The van der Waals surface area contributed by atoms with Crippen LogP contribution in [0.15, 0.2) is 65.7 Å². The second kappa shape index (κ2) is 5.61. The van der Waals surface area contributed by atoms with Crippen LogP contribution in [-0.4, -0.2) is 21.6 Å². The molecular weight excluding hydrogens is 290 g/mol. The van der Waals surface area contributed by atoms with Gasteiger partial charge < -0.3 is 13.7 Å². The van der Waals surface area contributed by atoms with E-state index in [1.54, 1.807) is 19.6 Å². The first-order valence-electron chi connectivity index (χ1n) is 7.32. The van der Waals surface area contributed by atoms with Crippen LogP contribution in [0.1, 0.15) is 5.56 Å². The Morgan fingerprint density at radius 3 is 2.70 bits per heavy atom. The highest BCUT2D eigenvalue weighted by molar-refractivity contribution is 5.87. The van der Waals surface area contributed by atoms with Crippen molar-refractivity contribution in [2.75, 3.05) is 7.11 Å². The van der Waals surface area contributed by atoms with Gasteiger partial charge in [0.1, 0.15) is 17.0 Å². The van der Waals surface area contributed by atoms with Crippen molar-refractivity contribution in [2.24, 2.45) is 0 Å². The Bertz CT molecular complexity index is 925. The van der Waals surface area contributed by atoms with Gasteiger partial charge in [-0.3, -0.25) is 0 Å². The zero-order chi connectivity index (χ0) is 15.6. The number of rotatable bonds is 4. The lowest BCUT2D eigenvalue weighted by Gasteiger charge is -2.06. The van der Waals surface area contributed by atoms with Gasteiger partial charge in [-0.1, -0.05) is 12.1 Å². The van der Waals surface area contributed by atoms with Gasteiger partial charge >= 0.3 is 0 Å². The van der Waals surface area contributed by atoms with E-state index < -0.39 is 0 Å². The van der Waals surface area contributed by atoms with Gasteiger partial charge in [0.15, 0.2) is 5.65 Å². The van der Waals surface area contributed by atoms with E-state index in [0.29, 0.717) is 6.54 Å². The van der Waals surface area contributed by atoms with Crippen molar-refractivity contribution in [3.8, 4) is 17.1 Å². The number of fused-ring (bicyclic) bond motifs is 1. The lowest BCUT2D eigenvalue weighted by Crippen LogP contribution is -1.99. The van der Waals surface area contributed by atoms with Crippen LogP contribution in [-0.2, 0) is 6.54 Å². The summed E-state index contributed by atoms with van der Waals surface area (Å²) in [6, 6.07) is 13.7. The normalized spacial score (nSPS) is 11.0. The molecule has 0 aliphatic heterocycles. The summed E-state index contributed by atoms with van der Waals surface area (Å²) in [4.78, 5) is 9.00. The summed E-state index contributed by atoms with van der Waals surface area (Å²) in [5, 5.41) is 0. The van der Waals surface area contributed by atoms with Gasteiger partial charge in [0, 0.05) is 11.8 Å². The zero-order valence-electron chi connectivity index (χ0n) is 12.6. The molecule has 4 aromatic rings. The third-order valence-electron chi connectivity index (χ3n) is 3.80. The summed E-state index contributed by atoms with van der Waals surface area (Å²) >= 11 is 0. The first-order valence-corrected chi connectivity index (χ1v) is 7.32. The Balaban J connectivity index is 1.72. The number of ether oxygens (including phenoxy) is 1. The number of pyridine rings is 1. The second-order valence-electron chi connectivity index (χ2n) is 5.23. The minimum absolute atomic E-state index is 0.703. The summed E-state index contributed by atoms with van der Waals surface area (Å²) in [5.41, 5.74) is 3.80. The van der Waals surface area contributed by atoms with E-state index in [9.17, 15) is 0 Å². The molecule has 0 atom stereocenters. The number of furan rings is 1. The molecule has 0 aliphatic rings. The highest BCUT2D eigenvalue weighted by Crippen LogP contribution is 2.27. The average Bonchev–Trinajstić information content (AvgIpc) is 3.26. The number of benzene rings is 1. The molecule has 0 fully saturated rings. The van der Waals surface area contributed by atoms with Crippen LogP contribution in [0.4, 0.5) is 0 Å². The third-order valence-corrected chi connectivity index (χ3v) is 3.80. The van der Waals surface area contributed by atoms with Crippen LogP contribution >= 0.6 is 0 Å². The van der Waals surface area contributed by atoms with Crippen LogP contribution in [0, 0.1) is 0 Å².